The van der Waals surface area contributed by atoms with E-state index in [9.17, 15) is 0 Å². The molecular weight excluding hydrogens is 681 g/mol. The van der Waals surface area contributed by atoms with E-state index in [0.29, 0.717) is 0 Å². The van der Waals surface area contributed by atoms with Crippen molar-refractivity contribution < 1.29 is 4.42 Å². The van der Waals surface area contributed by atoms with Crippen LogP contribution in [-0.2, 0) is 5.41 Å². The largest absolute Gasteiger partial charge is 0.455 e. The maximum atomic E-state index is 6.75. The second kappa shape index (κ2) is 11.9. The number of amidine groups is 1. The molecule has 3 heteroatoms. The lowest BCUT2D eigenvalue weighted by Gasteiger charge is -2.30. The van der Waals surface area contributed by atoms with Crippen molar-refractivity contribution in [2.75, 3.05) is 0 Å². The fourth-order valence-corrected chi connectivity index (χ4v) is 9.91. The van der Waals surface area contributed by atoms with E-state index < -0.39 is 5.41 Å². The standard InChI is InChI=1S/C53H34N2O/c1-3-15-33(16-4-1)46-32-47(55-52(54-46)34-17-5-2-6-18-34)36-20-13-19-35(31-36)37-24-14-27-44-49(37)40-22-7-10-25-42(40)53(44)43-26-11-8-23-41(43)50-45(53)30-29-39-38-21-9-12-28-48(38)56-51(39)50/h1-31,47H,32H2. The van der Waals surface area contributed by atoms with Crippen LogP contribution in [0.1, 0.15) is 51.4 Å². The maximum Gasteiger partial charge on any atom is 0.155 e. The minimum absolute atomic E-state index is 0.0759. The summed E-state index contributed by atoms with van der Waals surface area (Å²) < 4.78 is 6.75. The minimum Gasteiger partial charge on any atom is -0.455 e. The molecule has 0 bridgehead atoms. The van der Waals surface area contributed by atoms with Gasteiger partial charge in [0.25, 0.3) is 0 Å². The van der Waals surface area contributed by atoms with Crippen molar-refractivity contribution in [3.8, 4) is 33.4 Å². The van der Waals surface area contributed by atoms with Crippen molar-refractivity contribution in [1.82, 2.24) is 0 Å². The molecule has 0 fully saturated rings. The van der Waals surface area contributed by atoms with Crippen LogP contribution in [0.3, 0.4) is 0 Å². The van der Waals surface area contributed by atoms with Crippen LogP contribution in [0.15, 0.2) is 202 Å². The van der Waals surface area contributed by atoms with Crippen LogP contribution in [0.25, 0.3) is 55.3 Å². The van der Waals surface area contributed by atoms with E-state index in [1.165, 1.54) is 61.2 Å². The highest BCUT2D eigenvalue weighted by atomic mass is 16.3. The Morgan fingerprint density at radius 3 is 1.88 bits per heavy atom. The molecule has 0 saturated carbocycles. The third kappa shape index (κ3) is 4.34. The molecule has 9 aromatic rings. The van der Waals surface area contributed by atoms with Crippen molar-refractivity contribution >= 4 is 33.5 Å². The molecule has 12 rings (SSSR count). The van der Waals surface area contributed by atoms with Gasteiger partial charge in [-0.25, -0.2) is 4.99 Å². The average molecular weight is 715 g/mol. The van der Waals surface area contributed by atoms with E-state index in [2.05, 4.69) is 182 Å². The number of para-hydroxylation sites is 1. The number of nitrogens with zero attached hydrogens (tertiary/aromatic N) is 2. The Balaban J connectivity index is 1.05. The molecule has 2 aliphatic carbocycles. The fourth-order valence-electron chi connectivity index (χ4n) is 9.91. The number of furan rings is 1. The first-order valence-corrected chi connectivity index (χ1v) is 19.4. The highest BCUT2D eigenvalue weighted by molar-refractivity contribution is 6.15. The number of hydrogen-bond donors (Lipinski definition) is 0. The number of rotatable bonds is 4. The Morgan fingerprint density at radius 1 is 0.464 bits per heavy atom. The Bertz CT molecular complexity index is 3120. The second-order valence-corrected chi connectivity index (χ2v) is 15.1. The molecule has 1 spiro atoms. The third-order valence-corrected chi connectivity index (χ3v) is 12.2. The normalized spacial score (nSPS) is 17.7. The Kier molecular flexibility index (Phi) is 6.67. The van der Waals surface area contributed by atoms with Crippen LogP contribution in [0.5, 0.6) is 0 Å². The lowest BCUT2D eigenvalue weighted by atomic mass is 9.70. The molecule has 1 aromatic heterocycles. The minimum atomic E-state index is -0.488. The quantitative estimate of drug-likeness (QED) is 0.179. The summed E-state index contributed by atoms with van der Waals surface area (Å²) in [5, 5.41) is 2.31. The summed E-state index contributed by atoms with van der Waals surface area (Å²) in [4.78, 5) is 10.4. The number of hydrogen-bond acceptors (Lipinski definition) is 3. The molecule has 2 atom stereocenters. The van der Waals surface area contributed by atoms with Gasteiger partial charge in [-0.15, -0.1) is 0 Å². The van der Waals surface area contributed by atoms with E-state index in [1.54, 1.807) is 0 Å². The maximum absolute atomic E-state index is 6.75. The average Bonchev–Trinajstić information content (AvgIpc) is 3.91. The van der Waals surface area contributed by atoms with Crippen LogP contribution >= 0.6 is 0 Å². The highest BCUT2D eigenvalue weighted by Gasteiger charge is 2.53. The lowest BCUT2D eigenvalue weighted by Crippen LogP contribution is -2.25. The Hall–Kier alpha value is -7.10. The predicted octanol–water partition coefficient (Wildman–Crippen LogP) is 13.0. The first-order valence-electron chi connectivity index (χ1n) is 19.4. The Labute approximate surface area is 325 Å². The summed E-state index contributed by atoms with van der Waals surface area (Å²) in [6.45, 7) is 0. The molecule has 56 heavy (non-hydrogen) atoms. The van der Waals surface area contributed by atoms with E-state index in [0.717, 1.165) is 51.0 Å². The zero-order valence-electron chi connectivity index (χ0n) is 30.5. The van der Waals surface area contributed by atoms with Gasteiger partial charge in [-0.3, -0.25) is 4.99 Å². The van der Waals surface area contributed by atoms with Gasteiger partial charge in [-0.2, -0.15) is 0 Å². The van der Waals surface area contributed by atoms with E-state index in [4.69, 9.17) is 14.4 Å². The summed E-state index contributed by atoms with van der Waals surface area (Å²) in [6.07, 6.45) is 0.729. The number of benzene rings is 8. The van der Waals surface area contributed by atoms with Gasteiger partial charge in [0, 0.05) is 28.3 Å². The lowest BCUT2D eigenvalue weighted by molar-refractivity contribution is 0.669. The molecule has 0 N–H and O–H groups in total. The van der Waals surface area contributed by atoms with Gasteiger partial charge in [0.2, 0.25) is 0 Å². The predicted molar refractivity (Wildman–Crippen MR) is 229 cm³/mol. The van der Waals surface area contributed by atoms with Gasteiger partial charge < -0.3 is 4.42 Å². The first kappa shape index (κ1) is 31.3. The molecule has 8 aromatic carbocycles. The third-order valence-electron chi connectivity index (χ3n) is 12.2. The summed E-state index contributed by atoms with van der Waals surface area (Å²) in [6, 6.07) is 67.8. The molecule has 3 aliphatic rings. The molecule has 262 valence electrons. The molecule has 0 amide bonds. The van der Waals surface area contributed by atoms with Gasteiger partial charge in [0.05, 0.1) is 17.2 Å². The van der Waals surface area contributed by atoms with Crippen LogP contribution in [0.2, 0.25) is 0 Å². The smallest absolute Gasteiger partial charge is 0.155 e. The summed E-state index contributed by atoms with van der Waals surface area (Å²) >= 11 is 0. The molecule has 2 heterocycles. The molecule has 2 unspecified atom stereocenters. The summed E-state index contributed by atoms with van der Waals surface area (Å²) in [7, 11) is 0. The van der Waals surface area contributed by atoms with Crippen molar-refractivity contribution in [2.24, 2.45) is 9.98 Å². The van der Waals surface area contributed by atoms with Crippen molar-refractivity contribution in [1.29, 1.82) is 0 Å². The van der Waals surface area contributed by atoms with E-state index in [-0.39, 0.29) is 6.04 Å². The van der Waals surface area contributed by atoms with Crippen molar-refractivity contribution in [3.05, 3.63) is 227 Å². The van der Waals surface area contributed by atoms with E-state index in [1.807, 2.05) is 6.07 Å². The molecule has 0 radical (unpaired) electrons. The van der Waals surface area contributed by atoms with Crippen molar-refractivity contribution in [2.45, 2.75) is 17.9 Å². The van der Waals surface area contributed by atoms with Crippen LogP contribution in [0.4, 0.5) is 0 Å². The second-order valence-electron chi connectivity index (χ2n) is 15.1. The van der Waals surface area contributed by atoms with Gasteiger partial charge in [0.1, 0.15) is 11.2 Å². The topological polar surface area (TPSA) is 37.9 Å². The molecule has 3 nitrogen and oxygen atoms in total. The zero-order chi connectivity index (χ0) is 36.8. The molecule has 1 aliphatic heterocycles. The summed E-state index contributed by atoms with van der Waals surface area (Å²) in [5.41, 5.74) is 18.4. The van der Waals surface area contributed by atoms with Gasteiger partial charge in [-0.1, -0.05) is 176 Å². The fraction of sp³-hybridized carbons (Fsp3) is 0.0566. The molecular formula is C53H34N2O. The number of aliphatic imine (C=N–C) groups is 2. The SMILES string of the molecule is c1ccc(C2=NC(c3ccccc3)=NC(c3cccc(-c4cccc5c4-c4ccccc4C54c5ccccc5-c5c4ccc4c5oc5ccccc54)c3)C2)cc1. The Morgan fingerprint density at radius 2 is 1.07 bits per heavy atom. The van der Waals surface area contributed by atoms with Gasteiger partial charge >= 0.3 is 0 Å². The number of fused-ring (bicyclic) bond motifs is 14. The zero-order valence-corrected chi connectivity index (χ0v) is 30.5. The van der Waals surface area contributed by atoms with Crippen molar-refractivity contribution in [3.63, 3.8) is 0 Å². The van der Waals surface area contributed by atoms with Gasteiger partial charge in [0.15, 0.2) is 5.84 Å². The van der Waals surface area contributed by atoms with Crippen LogP contribution in [0, 0.1) is 0 Å². The monoisotopic (exact) mass is 714 g/mol. The van der Waals surface area contributed by atoms with Gasteiger partial charge in [-0.05, 0) is 73.3 Å². The highest BCUT2D eigenvalue weighted by Crippen LogP contribution is 2.65. The summed E-state index contributed by atoms with van der Waals surface area (Å²) in [5.74, 6) is 0.778. The van der Waals surface area contributed by atoms with E-state index >= 15 is 0 Å². The van der Waals surface area contributed by atoms with Crippen LogP contribution < -0.4 is 0 Å². The van der Waals surface area contributed by atoms with Crippen LogP contribution in [-0.4, -0.2) is 11.5 Å². The first-order chi connectivity index (χ1) is 27.8. The molecule has 0 saturated heterocycles.